The molecule has 0 radical (unpaired) electrons. The molecule has 238 valence electrons. The predicted molar refractivity (Wildman–Crippen MR) is 158 cm³/mol. The zero-order chi connectivity index (χ0) is 31.5. The van der Waals surface area contributed by atoms with Gasteiger partial charge in [0.15, 0.2) is 0 Å². The van der Waals surface area contributed by atoms with Crippen molar-refractivity contribution in [1.82, 2.24) is 10.6 Å². The third-order valence-electron chi connectivity index (χ3n) is 7.69. The second-order valence-corrected chi connectivity index (χ2v) is 15.6. The van der Waals surface area contributed by atoms with Gasteiger partial charge in [-0.25, -0.2) is 8.78 Å². The zero-order valence-corrected chi connectivity index (χ0v) is 27.2. The van der Waals surface area contributed by atoms with Crippen LogP contribution >= 0.6 is 0 Å². The number of hydrogen-bond acceptors (Lipinski definition) is 2. The van der Waals surface area contributed by atoms with Gasteiger partial charge in [0.2, 0.25) is 5.91 Å². The Hall–Kier alpha value is -1.34. The summed E-state index contributed by atoms with van der Waals surface area (Å²) in [5, 5.41) is 5.36. The van der Waals surface area contributed by atoms with E-state index in [0.29, 0.717) is 45.1 Å². The Labute approximate surface area is 242 Å². The van der Waals surface area contributed by atoms with E-state index in [1.54, 1.807) is 20.8 Å². The standard InChI is InChI=1S/C32H60F4N2O2/c1-27(2,3)23-38-26(40)31(33,34)19-15-12-14-18-29(7,8)21-22-30(9,10)24-37-25(39)17-13-11-16-20-32(35,36)28(4,5)6/h11-24H2,1-10H3,(H,37,39)(H,38,40). The topological polar surface area (TPSA) is 58.2 Å². The summed E-state index contributed by atoms with van der Waals surface area (Å²) in [6.07, 6.45) is 5.94. The van der Waals surface area contributed by atoms with Gasteiger partial charge in [0.05, 0.1) is 0 Å². The number of unbranched alkanes of at least 4 members (excludes halogenated alkanes) is 4. The van der Waals surface area contributed by atoms with Crippen LogP contribution in [0.1, 0.15) is 146 Å². The van der Waals surface area contributed by atoms with Crippen LogP contribution in [0.5, 0.6) is 0 Å². The summed E-state index contributed by atoms with van der Waals surface area (Å²) in [7, 11) is 0. The van der Waals surface area contributed by atoms with E-state index in [-0.39, 0.29) is 35.1 Å². The lowest BCUT2D eigenvalue weighted by molar-refractivity contribution is -0.147. The zero-order valence-electron chi connectivity index (χ0n) is 27.2. The van der Waals surface area contributed by atoms with Gasteiger partial charge in [-0.3, -0.25) is 9.59 Å². The Morgan fingerprint density at radius 2 is 1.05 bits per heavy atom. The summed E-state index contributed by atoms with van der Waals surface area (Å²) in [5.41, 5.74) is -1.34. The SMILES string of the molecule is CC(C)(C)CNC(=O)C(F)(F)CCCCCC(C)(C)CCC(C)(C)CNC(=O)CCCCCC(F)(F)C(C)(C)C. The second kappa shape index (κ2) is 15.8. The van der Waals surface area contributed by atoms with E-state index in [1.807, 2.05) is 20.8 Å². The third kappa shape index (κ3) is 17.5. The summed E-state index contributed by atoms with van der Waals surface area (Å²) in [6, 6.07) is 0. The molecule has 2 amide bonds. The molecular formula is C32H60F4N2O2. The van der Waals surface area contributed by atoms with Crippen LogP contribution < -0.4 is 10.6 Å². The van der Waals surface area contributed by atoms with Crippen LogP contribution in [0.25, 0.3) is 0 Å². The van der Waals surface area contributed by atoms with Crippen molar-refractivity contribution in [3.63, 3.8) is 0 Å². The van der Waals surface area contributed by atoms with Gasteiger partial charge < -0.3 is 10.6 Å². The molecule has 8 heteroatoms. The molecule has 0 aromatic heterocycles. The predicted octanol–water partition coefficient (Wildman–Crippen LogP) is 9.32. The van der Waals surface area contributed by atoms with Crippen LogP contribution in [-0.4, -0.2) is 36.7 Å². The first-order valence-electron chi connectivity index (χ1n) is 15.2. The maximum absolute atomic E-state index is 14.2. The van der Waals surface area contributed by atoms with E-state index in [2.05, 4.69) is 38.3 Å². The average Bonchev–Trinajstić information content (AvgIpc) is 2.78. The summed E-state index contributed by atoms with van der Waals surface area (Å²) < 4.78 is 56.4. The number of carbonyl (C=O) groups is 2. The van der Waals surface area contributed by atoms with E-state index in [1.165, 1.54) is 0 Å². The van der Waals surface area contributed by atoms with Gasteiger partial charge >= 0.3 is 5.92 Å². The molecule has 0 rings (SSSR count). The molecule has 0 aliphatic carbocycles. The van der Waals surface area contributed by atoms with E-state index >= 15 is 0 Å². The lowest BCUT2D eigenvalue weighted by Gasteiger charge is -2.31. The van der Waals surface area contributed by atoms with E-state index in [0.717, 1.165) is 25.7 Å². The van der Waals surface area contributed by atoms with Crippen LogP contribution in [0.2, 0.25) is 0 Å². The van der Waals surface area contributed by atoms with Crippen molar-refractivity contribution in [2.45, 2.75) is 158 Å². The normalized spacial score (nSPS) is 13.8. The summed E-state index contributed by atoms with van der Waals surface area (Å²) in [5.74, 6) is -7.27. The molecule has 0 saturated heterocycles. The first-order chi connectivity index (χ1) is 17.9. The molecule has 0 aliphatic heterocycles. The number of alkyl halides is 4. The molecule has 0 spiro atoms. The third-order valence-corrected chi connectivity index (χ3v) is 7.69. The fourth-order valence-corrected chi connectivity index (χ4v) is 4.22. The molecule has 4 nitrogen and oxygen atoms in total. The molecule has 0 bridgehead atoms. The highest BCUT2D eigenvalue weighted by Crippen LogP contribution is 2.39. The Morgan fingerprint density at radius 3 is 1.60 bits per heavy atom. The number of hydrogen-bond donors (Lipinski definition) is 2. The van der Waals surface area contributed by atoms with Crippen LogP contribution in [0.15, 0.2) is 0 Å². The van der Waals surface area contributed by atoms with Crippen LogP contribution in [0.4, 0.5) is 17.6 Å². The minimum atomic E-state index is -3.34. The monoisotopic (exact) mass is 580 g/mol. The fraction of sp³-hybridized carbons (Fsp3) is 0.938. The quantitative estimate of drug-likeness (QED) is 0.118. The molecule has 2 N–H and O–H groups in total. The van der Waals surface area contributed by atoms with Crippen molar-refractivity contribution in [2.75, 3.05) is 13.1 Å². The molecule has 0 fully saturated rings. The smallest absolute Gasteiger partial charge is 0.324 e. The maximum atomic E-state index is 14.2. The van der Waals surface area contributed by atoms with Gasteiger partial charge in [0.1, 0.15) is 0 Å². The summed E-state index contributed by atoms with van der Waals surface area (Å²) in [4.78, 5) is 24.1. The Bertz CT molecular complexity index is 766. The molecule has 0 atom stereocenters. The Morgan fingerprint density at radius 1 is 0.550 bits per heavy atom. The molecule has 0 aromatic rings. The fourth-order valence-electron chi connectivity index (χ4n) is 4.22. The first kappa shape index (κ1) is 38.7. The van der Waals surface area contributed by atoms with Gasteiger partial charge in [-0.1, -0.05) is 88.5 Å². The maximum Gasteiger partial charge on any atom is 0.324 e. The van der Waals surface area contributed by atoms with Crippen molar-refractivity contribution in [3.05, 3.63) is 0 Å². The van der Waals surface area contributed by atoms with E-state index in [4.69, 9.17) is 0 Å². The van der Waals surface area contributed by atoms with Crippen LogP contribution in [0.3, 0.4) is 0 Å². The minimum Gasteiger partial charge on any atom is -0.356 e. The largest absolute Gasteiger partial charge is 0.356 e. The van der Waals surface area contributed by atoms with Gasteiger partial charge in [-0.15, -0.1) is 0 Å². The Kier molecular flexibility index (Phi) is 15.2. The molecule has 0 unspecified atom stereocenters. The van der Waals surface area contributed by atoms with Crippen LogP contribution in [0, 0.1) is 21.7 Å². The second-order valence-electron chi connectivity index (χ2n) is 15.6. The first-order valence-corrected chi connectivity index (χ1v) is 15.2. The lowest BCUT2D eigenvalue weighted by Crippen LogP contribution is -2.43. The highest BCUT2D eigenvalue weighted by Gasteiger charge is 2.42. The van der Waals surface area contributed by atoms with Crippen molar-refractivity contribution in [3.8, 4) is 0 Å². The van der Waals surface area contributed by atoms with E-state index in [9.17, 15) is 27.2 Å². The van der Waals surface area contributed by atoms with Gasteiger partial charge in [0, 0.05) is 37.8 Å². The lowest BCUT2D eigenvalue weighted by atomic mass is 9.76. The molecule has 0 saturated carbocycles. The molecule has 0 aromatic carbocycles. The van der Waals surface area contributed by atoms with Crippen molar-refractivity contribution < 1.29 is 27.2 Å². The molecule has 0 heterocycles. The number of rotatable bonds is 19. The number of amides is 2. The number of nitrogens with one attached hydrogen (secondary N) is 2. The van der Waals surface area contributed by atoms with Gasteiger partial charge in [0.25, 0.3) is 11.8 Å². The number of halogens is 4. The minimum absolute atomic E-state index is 0.0428. The van der Waals surface area contributed by atoms with Crippen LogP contribution in [-0.2, 0) is 9.59 Å². The van der Waals surface area contributed by atoms with Crippen molar-refractivity contribution in [2.24, 2.45) is 21.7 Å². The highest BCUT2D eigenvalue weighted by atomic mass is 19.3. The highest BCUT2D eigenvalue weighted by molar-refractivity contribution is 5.83. The Balaban J connectivity index is 4.22. The van der Waals surface area contributed by atoms with Gasteiger partial charge in [-0.05, 0) is 54.8 Å². The summed E-state index contributed by atoms with van der Waals surface area (Å²) >= 11 is 0. The van der Waals surface area contributed by atoms with E-state index < -0.39 is 29.6 Å². The number of carbonyl (C=O) groups excluding carboxylic acids is 2. The molecule has 40 heavy (non-hydrogen) atoms. The average molecular weight is 581 g/mol. The molecular weight excluding hydrogens is 520 g/mol. The summed E-state index contributed by atoms with van der Waals surface area (Å²) in [6.45, 7) is 19.7. The molecule has 0 aliphatic rings. The van der Waals surface area contributed by atoms with Gasteiger partial charge in [-0.2, -0.15) is 8.78 Å². The van der Waals surface area contributed by atoms with Crippen molar-refractivity contribution in [1.29, 1.82) is 0 Å². The van der Waals surface area contributed by atoms with Crippen molar-refractivity contribution >= 4 is 11.8 Å².